The average molecular weight is 326 g/mol. The van der Waals surface area contributed by atoms with Crippen LogP contribution in [0, 0.1) is 0 Å². The van der Waals surface area contributed by atoms with E-state index in [9.17, 15) is 0 Å². The van der Waals surface area contributed by atoms with E-state index in [0.29, 0.717) is 12.6 Å². The highest BCUT2D eigenvalue weighted by molar-refractivity contribution is 7.99. The van der Waals surface area contributed by atoms with Crippen molar-refractivity contribution in [3.8, 4) is 5.75 Å². The highest BCUT2D eigenvalue weighted by atomic mass is 35.5. The maximum Gasteiger partial charge on any atom is 0.138 e. The molecular weight excluding hydrogens is 302 g/mol. The Hall–Kier alpha value is -0.380. The zero-order valence-corrected chi connectivity index (χ0v) is 14.0. The molecule has 4 heteroatoms. The quantitative estimate of drug-likeness (QED) is 0.892. The molecular formula is C17H24ClNOS. The molecule has 1 atom stereocenters. The van der Waals surface area contributed by atoms with Crippen molar-refractivity contribution in [3.63, 3.8) is 0 Å². The van der Waals surface area contributed by atoms with E-state index >= 15 is 0 Å². The molecule has 2 nitrogen and oxygen atoms in total. The van der Waals surface area contributed by atoms with Gasteiger partial charge in [-0.2, -0.15) is 11.8 Å². The van der Waals surface area contributed by atoms with Gasteiger partial charge in [0, 0.05) is 17.7 Å². The van der Waals surface area contributed by atoms with Crippen LogP contribution in [0.15, 0.2) is 18.2 Å². The Bertz CT molecular complexity index is 482. The molecule has 0 amide bonds. The summed E-state index contributed by atoms with van der Waals surface area (Å²) in [4.78, 5) is 0. The monoisotopic (exact) mass is 325 g/mol. The molecule has 3 rings (SSSR count). The summed E-state index contributed by atoms with van der Waals surface area (Å²) < 4.78 is 6.03. The predicted octanol–water partition coefficient (Wildman–Crippen LogP) is 4.38. The van der Waals surface area contributed by atoms with Crippen LogP contribution < -0.4 is 10.5 Å². The molecule has 1 heterocycles. The van der Waals surface area contributed by atoms with E-state index in [1.807, 2.05) is 17.8 Å². The zero-order chi connectivity index (χ0) is 14.7. The van der Waals surface area contributed by atoms with Crippen LogP contribution in [-0.4, -0.2) is 24.2 Å². The number of thioether (sulfide) groups is 1. The van der Waals surface area contributed by atoms with Crippen molar-refractivity contribution in [1.82, 2.24) is 0 Å². The van der Waals surface area contributed by atoms with Crippen LogP contribution in [0.3, 0.4) is 0 Å². The topological polar surface area (TPSA) is 35.2 Å². The van der Waals surface area contributed by atoms with Crippen molar-refractivity contribution in [3.05, 3.63) is 28.8 Å². The number of ether oxygens (including phenoxy) is 1. The normalized spacial score (nSPS) is 25.0. The van der Waals surface area contributed by atoms with E-state index in [2.05, 4.69) is 12.1 Å². The summed E-state index contributed by atoms with van der Waals surface area (Å²) in [5.41, 5.74) is 7.54. The largest absolute Gasteiger partial charge is 0.488 e. The summed E-state index contributed by atoms with van der Waals surface area (Å²) in [6, 6.07) is 6.32. The van der Waals surface area contributed by atoms with Gasteiger partial charge in [-0.15, -0.1) is 0 Å². The summed E-state index contributed by atoms with van der Waals surface area (Å²) in [5.74, 6) is 3.09. The fraction of sp³-hybridized carbons (Fsp3) is 0.647. The molecule has 0 spiro atoms. The molecule has 1 aromatic rings. The minimum atomic E-state index is 0.129. The van der Waals surface area contributed by atoms with Crippen molar-refractivity contribution in [2.75, 3.05) is 18.1 Å². The Balaban J connectivity index is 1.79. The van der Waals surface area contributed by atoms with Gasteiger partial charge < -0.3 is 10.5 Å². The number of nitrogens with two attached hydrogens (primary N) is 1. The Morgan fingerprint density at radius 2 is 2.10 bits per heavy atom. The van der Waals surface area contributed by atoms with Gasteiger partial charge in [-0.3, -0.25) is 0 Å². The molecule has 116 valence electrons. The lowest BCUT2D eigenvalue weighted by atomic mass is 9.69. The van der Waals surface area contributed by atoms with Crippen LogP contribution in [0.25, 0.3) is 0 Å². The van der Waals surface area contributed by atoms with Gasteiger partial charge in [0.15, 0.2) is 0 Å². The standard InChI is InChI=1S/C17H24ClNOS/c18-15-10-13(17(12-19)7-2-1-3-8-17)4-5-16(15)20-14-6-9-21-11-14/h4-5,10,14H,1-3,6-9,11-12,19H2. The number of hydrogen-bond acceptors (Lipinski definition) is 3. The Morgan fingerprint density at radius 1 is 1.29 bits per heavy atom. The third kappa shape index (κ3) is 3.35. The third-order valence-electron chi connectivity index (χ3n) is 4.93. The summed E-state index contributed by atoms with van der Waals surface area (Å²) >= 11 is 8.42. The highest BCUT2D eigenvalue weighted by Gasteiger charge is 2.33. The fourth-order valence-corrected chi connectivity index (χ4v) is 4.87. The van der Waals surface area contributed by atoms with E-state index in [1.165, 1.54) is 43.4 Å². The van der Waals surface area contributed by atoms with E-state index in [4.69, 9.17) is 22.1 Å². The van der Waals surface area contributed by atoms with Crippen LogP contribution in [0.5, 0.6) is 5.75 Å². The molecule has 1 aromatic carbocycles. The second kappa shape index (κ2) is 6.80. The first kappa shape index (κ1) is 15.5. The highest BCUT2D eigenvalue weighted by Crippen LogP contribution is 2.41. The van der Waals surface area contributed by atoms with E-state index in [0.717, 1.165) is 22.9 Å². The summed E-state index contributed by atoms with van der Waals surface area (Å²) in [7, 11) is 0. The minimum Gasteiger partial charge on any atom is -0.488 e. The Labute approximate surface area is 136 Å². The SMILES string of the molecule is NCC1(c2ccc(OC3CCSC3)c(Cl)c2)CCCCC1. The number of hydrogen-bond donors (Lipinski definition) is 1. The number of rotatable bonds is 4. The van der Waals surface area contributed by atoms with Crippen LogP contribution in [0.2, 0.25) is 5.02 Å². The van der Waals surface area contributed by atoms with Gasteiger partial charge in [-0.1, -0.05) is 36.9 Å². The van der Waals surface area contributed by atoms with E-state index < -0.39 is 0 Å². The van der Waals surface area contributed by atoms with E-state index in [1.54, 1.807) is 0 Å². The molecule has 1 saturated heterocycles. The first-order valence-electron chi connectivity index (χ1n) is 7.98. The van der Waals surface area contributed by atoms with Crippen molar-refractivity contribution >= 4 is 23.4 Å². The lowest BCUT2D eigenvalue weighted by molar-refractivity contribution is 0.229. The lowest BCUT2D eigenvalue weighted by Crippen LogP contribution is -2.37. The molecule has 2 N–H and O–H groups in total. The minimum absolute atomic E-state index is 0.129. The third-order valence-corrected chi connectivity index (χ3v) is 6.35. The molecule has 2 aliphatic rings. The van der Waals surface area contributed by atoms with E-state index in [-0.39, 0.29) is 5.41 Å². The van der Waals surface area contributed by atoms with Gasteiger partial charge in [-0.25, -0.2) is 0 Å². The van der Waals surface area contributed by atoms with Gasteiger partial charge in [0.05, 0.1) is 5.02 Å². The van der Waals surface area contributed by atoms with Crippen LogP contribution in [-0.2, 0) is 5.41 Å². The molecule has 1 saturated carbocycles. The molecule has 2 fully saturated rings. The second-order valence-electron chi connectivity index (χ2n) is 6.29. The number of halogens is 1. The second-order valence-corrected chi connectivity index (χ2v) is 7.85. The molecule has 0 aromatic heterocycles. The molecule has 0 bridgehead atoms. The molecule has 0 radical (unpaired) electrons. The van der Waals surface area contributed by atoms with Crippen LogP contribution >= 0.6 is 23.4 Å². The molecule has 1 unspecified atom stereocenters. The molecule has 21 heavy (non-hydrogen) atoms. The van der Waals surface area contributed by atoms with Crippen molar-refractivity contribution in [2.24, 2.45) is 5.73 Å². The first-order chi connectivity index (χ1) is 10.2. The van der Waals surface area contributed by atoms with Gasteiger partial charge >= 0.3 is 0 Å². The van der Waals surface area contributed by atoms with Crippen LogP contribution in [0.1, 0.15) is 44.1 Å². The van der Waals surface area contributed by atoms with Gasteiger partial charge in [-0.05, 0) is 42.7 Å². The average Bonchev–Trinajstić information content (AvgIpc) is 3.03. The maximum absolute atomic E-state index is 6.47. The molecule has 1 aliphatic heterocycles. The van der Waals surface area contributed by atoms with Crippen molar-refractivity contribution < 1.29 is 4.74 Å². The van der Waals surface area contributed by atoms with Gasteiger partial charge in [0.25, 0.3) is 0 Å². The first-order valence-corrected chi connectivity index (χ1v) is 9.51. The summed E-state index contributed by atoms with van der Waals surface area (Å²) in [5, 5.41) is 0.739. The van der Waals surface area contributed by atoms with Crippen LogP contribution in [0.4, 0.5) is 0 Å². The van der Waals surface area contributed by atoms with Gasteiger partial charge in [0.1, 0.15) is 11.9 Å². The lowest BCUT2D eigenvalue weighted by Gasteiger charge is -2.37. The maximum atomic E-state index is 6.47. The smallest absolute Gasteiger partial charge is 0.138 e. The van der Waals surface area contributed by atoms with Crippen molar-refractivity contribution in [2.45, 2.75) is 50.0 Å². The molecule has 1 aliphatic carbocycles. The predicted molar refractivity (Wildman–Crippen MR) is 91.6 cm³/mol. The summed E-state index contributed by atoms with van der Waals surface area (Å²) in [6.45, 7) is 0.711. The Morgan fingerprint density at radius 3 is 2.71 bits per heavy atom. The summed E-state index contributed by atoms with van der Waals surface area (Å²) in [6.07, 6.45) is 7.67. The van der Waals surface area contributed by atoms with Crippen molar-refractivity contribution in [1.29, 1.82) is 0 Å². The van der Waals surface area contributed by atoms with Gasteiger partial charge in [0.2, 0.25) is 0 Å². The Kier molecular flexibility index (Phi) is 5.03. The number of benzene rings is 1. The zero-order valence-electron chi connectivity index (χ0n) is 12.4. The fourth-order valence-electron chi connectivity index (χ4n) is 3.55.